The summed E-state index contributed by atoms with van der Waals surface area (Å²) in [5.74, 6) is 2.06. The van der Waals surface area contributed by atoms with Gasteiger partial charge in [-0.2, -0.15) is 4.99 Å². The Kier molecular flexibility index (Phi) is 9.06. The number of allylic oxidation sites excluding steroid dienone is 3. The van der Waals surface area contributed by atoms with Crippen molar-refractivity contribution in [2.45, 2.75) is 34.6 Å². The summed E-state index contributed by atoms with van der Waals surface area (Å²) >= 11 is 0. The first-order valence-corrected chi connectivity index (χ1v) is 12.9. The number of benzene rings is 2. The number of hydrogen-bond donors (Lipinski definition) is 2. The molecule has 0 aliphatic carbocycles. The van der Waals surface area contributed by atoms with E-state index in [2.05, 4.69) is 71.0 Å². The second-order valence-electron chi connectivity index (χ2n) is 8.31. The molecule has 0 bridgehead atoms. The van der Waals surface area contributed by atoms with Crippen molar-refractivity contribution in [1.29, 1.82) is 0 Å². The lowest BCUT2D eigenvalue weighted by Gasteiger charge is -2.33. The fraction of sp³-hybridized carbons (Fsp3) is 0.300. The van der Waals surface area contributed by atoms with Crippen LogP contribution in [0.2, 0.25) is 0 Å². The maximum Gasteiger partial charge on any atom is 0.238 e. The first kappa shape index (κ1) is 27.5. The second-order valence-corrected chi connectivity index (χ2v) is 8.31. The van der Waals surface area contributed by atoms with Gasteiger partial charge in [-0.15, -0.1) is 0 Å². The van der Waals surface area contributed by atoms with Crippen LogP contribution in [-0.2, 0) is 0 Å². The third kappa shape index (κ3) is 5.50. The highest BCUT2D eigenvalue weighted by atomic mass is 15.4. The minimum Gasteiger partial charge on any atom is -0.388 e. The molecule has 3 heterocycles. The highest BCUT2D eigenvalue weighted by Crippen LogP contribution is 2.34. The average Bonchev–Trinajstić information content (AvgIpc) is 2.94. The molecule has 0 unspecified atom stereocenters. The van der Waals surface area contributed by atoms with E-state index in [0.717, 1.165) is 45.4 Å². The number of anilines is 3. The maximum atomic E-state index is 4.96. The van der Waals surface area contributed by atoms with E-state index in [9.17, 15) is 0 Å². The number of aliphatic imine (C=N–C) groups is 3. The molecule has 37 heavy (non-hydrogen) atoms. The maximum absolute atomic E-state index is 4.96. The molecule has 194 valence electrons. The van der Waals surface area contributed by atoms with E-state index >= 15 is 0 Å². The van der Waals surface area contributed by atoms with Gasteiger partial charge in [-0.05, 0) is 55.0 Å². The van der Waals surface area contributed by atoms with E-state index < -0.39 is 0 Å². The largest absolute Gasteiger partial charge is 0.388 e. The second kappa shape index (κ2) is 12.2. The molecule has 5 rings (SSSR count). The van der Waals surface area contributed by atoms with E-state index in [1.165, 1.54) is 5.56 Å². The van der Waals surface area contributed by atoms with Crippen LogP contribution in [0.15, 0.2) is 81.4 Å². The van der Waals surface area contributed by atoms with Crippen LogP contribution in [0, 0.1) is 6.92 Å². The van der Waals surface area contributed by atoms with E-state index in [4.69, 9.17) is 15.0 Å². The number of rotatable bonds is 5. The normalized spacial score (nSPS) is 14.7. The molecular formula is C30H39N7. The molecule has 0 atom stereocenters. The highest BCUT2D eigenvalue weighted by molar-refractivity contribution is 6.24. The van der Waals surface area contributed by atoms with Gasteiger partial charge in [-0.1, -0.05) is 45.9 Å². The Morgan fingerprint density at radius 2 is 1.49 bits per heavy atom. The summed E-state index contributed by atoms with van der Waals surface area (Å²) in [5.41, 5.74) is 8.15. The van der Waals surface area contributed by atoms with Crippen molar-refractivity contribution in [3.8, 4) is 0 Å². The van der Waals surface area contributed by atoms with E-state index in [-0.39, 0.29) is 0 Å². The predicted octanol–water partition coefficient (Wildman–Crippen LogP) is 6.52. The van der Waals surface area contributed by atoms with Gasteiger partial charge in [-0.3, -0.25) is 4.90 Å². The van der Waals surface area contributed by atoms with Gasteiger partial charge < -0.3 is 15.5 Å². The van der Waals surface area contributed by atoms with Gasteiger partial charge in [0.15, 0.2) is 5.84 Å². The van der Waals surface area contributed by atoms with Crippen molar-refractivity contribution in [3.63, 3.8) is 0 Å². The fourth-order valence-corrected chi connectivity index (χ4v) is 4.12. The number of nitrogens with one attached hydrogen (secondary N) is 2. The van der Waals surface area contributed by atoms with Crippen molar-refractivity contribution in [3.05, 3.63) is 83.1 Å². The van der Waals surface area contributed by atoms with Gasteiger partial charge in [0.2, 0.25) is 5.96 Å². The summed E-state index contributed by atoms with van der Waals surface area (Å²) in [7, 11) is 7.90. The van der Waals surface area contributed by atoms with Crippen molar-refractivity contribution in [2.24, 2.45) is 15.0 Å². The van der Waals surface area contributed by atoms with E-state index in [1.807, 2.05) is 72.9 Å². The number of amidine groups is 2. The monoisotopic (exact) mass is 497 g/mol. The molecule has 7 heteroatoms. The Balaban J connectivity index is 0.000000907. The van der Waals surface area contributed by atoms with Crippen LogP contribution in [0.5, 0.6) is 0 Å². The molecule has 0 amide bonds. The third-order valence-corrected chi connectivity index (χ3v) is 5.88. The Labute approximate surface area is 221 Å². The molecule has 2 aromatic carbocycles. The Bertz CT molecular complexity index is 1320. The minimum absolute atomic E-state index is 0.615. The lowest BCUT2D eigenvalue weighted by atomic mass is 10.0. The van der Waals surface area contributed by atoms with Crippen LogP contribution in [0.25, 0.3) is 5.70 Å². The minimum atomic E-state index is 0.615. The molecular weight excluding hydrogens is 458 g/mol. The van der Waals surface area contributed by atoms with Gasteiger partial charge in [0.1, 0.15) is 5.84 Å². The fourth-order valence-electron chi connectivity index (χ4n) is 4.12. The van der Waals surface area contributed by atoms with Crippen LogP contribution >= 0.6 is 0 Å². The molecule has 0 aromatic heterocycles. The topological polar surface area (TPSA) is 67.6 Å². The third-order valence-electron chi connectivity index (χ3n) is 5.88. The summed E-state index contributed by atoms with van der Waals surface area (Å²) in [5, 5.41) is 6.59. The van der Waals surface area contributed by atoms with Gasteiger partial charge in [0.25, 0.3) is 0 Å². The molecule has 3 aliphatic heterocycles. The van der Waals surface area contributed by atoms with Crippen molar-refractivity contribution < 1.29 is 0 Å². The summed E-state index contributed by atoms with van der Waals surface area (Å²) in [6.07, 6.45) is 8.16. The highest BCUT2D eigenvalue weighted by Gasteiger charge is 2.31. The quantitative estimate of drug-likeness (QED) is 0.493. The Morgan fingerprint density at radius 1 is 0.811 bits per heavy atom. The van der Waals surface area contributed by atoms with Gasteiger partial charge in [-0.25, -0.2) is 9.98 Å². The molecule has 2 N–H and O–H groups in total. The molecule has 0 spiro atoms. The van der Waals surface area contributed by atoms with E-state index in [1.54, 1.807) is 0 Å². The predicted molar refractivity (Wildman–Crippen MR) is 162 cm³/mol. The molecule has 0 saturated carbocycles. The van der Waals surface area contributed by atoms with Crippen LogP contribution in [0.4, 0.5) is 17.1 Å². The zero-order valence-electron chi connectivity index (χ0n) is 23.5. The smallest absolute Gasteiger partial charge is 0.238 e. The van der Waals surface area contributed by atoms with Crippen molar-refractivity contribution in [2.75, 3.05) is 43.7 Å². The number of aryl methyl sites for hydroxylation is 1. The van der Waals surface area contributed by atoms with Crippen LogP contribution in [0.1, 0.15) is 44.4 Å². The summed E-state index contributed by atoms with van der Waals surface area (Å²) in [6, 6.07) is 12.6. The Morgan fingerprint density at radius 3 is 2.16 bits per heavy atom. The number of hydrogen-bond acceptors (Lipinski definition) is 7. The first-order valence-electron chi connectivity index (χ1n) is 12.9. The summed E-state index contributed by atoms with van der Waals surface area (Å²) < 4.78 is 0. The van der Waals surface area contributed by atoms with Gasteiger partial charge in [0.05, 0.1) is 11.4 Å². The summed E-state index contributed by atoms with van der Waals surface area (Å²) in [6.45, 7) is 10.1. The molecule has 0 fully saturated rings. The SMILES string of the molecule is CC.CC.CNc1cc(C)ccc1C1=CC2=CC=CC3=NC(c4ccc(N(C)C)cc4NC)=NC(=N1)N23. The van der Waals surface area contributed by atoms with Crippen molar-refractivity contribution in [1.82, 2.24) is 4.90 Å². The van der Waals surface area contributed by atoms with Gasteiger partial charge in [0, 0.05) is 56.4 Å². The van der Waals surface area contributed by atoms with Crippen LogP contribution in [0.3, 0.4) is 0 Å². The molecule has 7 nitrogen and oxygen atoms in total. The lowest BCUT2D eigenvalue weighted by Crippen LogP contribution is -2.40. The van der Waals surface area contributed by atoms with Gasteiger partial charge >= 0.3 is 0 Å². The van der Waals surface area contributed by atoms with Crippen molar-refractivity contribution >= 4 is 40.4 Å². The molecule has 0 radical (unpaired) electrons. The van der Waals surface area contributed by atoms with E-state index in [0.29, 0.717) is 11.8 Å². The summed E-state index contributed by atoms with van der Waals surface area (Å²) in [4.78, 5) is 18.8. The zero-order valence-corrected chi connectivity index (χ0v) is 23.5. The Hall–Kier alpha value is -4.13. The average molecular weight is 498 g/mol. The molecule has 0 saturated heterocycles. The standard InChI is InChI=1S/C26H27N7.2C2H6/c1-16-9-11-19(21(13-16)27-2)23-15-18-7-6-8-24-30-25(31-26(29-23)33(18)24)20-12-10-17(32(4)5)14-22(20)28-3;2*1-2/h6-15,27-28H,1-5H3;2*1-2H3. The lowest BCUT2D eigenvalue weighted by molar-refractivity contribution is 0.750. The number of guanidine groups is 1. The zero-order chi connectivity index (χ0) is 27.1. The number of nitrogens with zero attached hydrogens (tertiary/aromatic N) is 5. The van der Waals surface area contributed by atoms with Crippen LogP contribution < -0.4 is 15.5 Å². The molecule has 2 aromatic rings. The molecule has 3 aliphatic rings. The first-order chi connectivity index (χ1) is 18.0. The van der Waals surface area contributed by atoms with Crippen LogP contribution in [-0.4, -0.2) is 50.7 Å².